The van der Waals surface area contributed by atoms with Crippen LogP contribution in [0, 0.1) is 5.92 Å². The summed E-state index contributed by atoms with van der Waals surface area (Å²) in [7, 11) is 2.04. The highest BCUT2D eigenvalue weighted by atomic mass is 16.3. The van der Waals surface area contributed by atoms with Gasteiger partial charge in [-0.15, -0.1) is 0 Å². The largest absolute Gasteiger partial charge is 0.379 e. The van der Waals surface area contributed by atoms with Crippen LogP contribution < -0.4 is 0 Å². The molecule has 0 bridgehead atoms. The van der Waals surface area contributed by atoms with Gasteiger partial charge in [-0.05, 0) is 32.7 Å². The van der Waals surface area contributed by atoms with Gasteiger partial charge in [0.15, 0.2) is 0 Å². The Morgan fingerprint density at radius 3 is 2.46 bits per heavy atom. The average Bonchev–Trinajstić information content (AvgIpc) is 2.28. The maximum Gasteiger partial charge on any atom is 0.104 e. The van der Waals surface area contributed by atoms with E-state index in [0.717, 1.165) is 5.92 Å². The topological polar surface area (TPSA) is 23.5 Å². The fraction of sp³-hybridized carbons (Fsp3) is 1.00. The zero-order chi connectivity index (χ0) is 9.84. The first-order valence-electron chi connectivity index (χ1n) is 5.53. The second kappa shape index (κ2) is 4.97. The van der Waals surface area contributed by atoms with E-state index in [4.69, 9.17) is 0 Å². The van der Waals surface area contributed by atoms with Gasteiger partial charge < -0.3 is 5.11 Å². The summed E-state index contributed by atoms with van der Waals surface area (Å²) in [4.78, 5) is 2.12. The fourth-order valence-corrected chi connectivity index (χ4v) is 2.36. The van der Waals surface area contributed by atoms with Crippen molar-refractivity contribution in [3.63, 3.8) is 0 Å². The number of rotatable bonds is 2. The average molecular weight is 185 g/mol. The van der Waals surface area contributed by atoms with Crippen LogP contribution in [0.3, 0.4) is 0 Å². The van der Waals surface area contributed by atoms with Crippen LogP contribution in [-0.4, -0.2) is 29.3 Å². The third-order valence-corrected chi connectivity index (χ3v) is 3.43. The lowest BCUT2D eigenvalue weighted by atomic mass is 9.95. The Bertz CT molecular complexity index is 147. The third-order valence-electron chi connectivity index (χ3n) is 3.43. The minimum absolute atomic E-state index is 0.300. The molecule has 13 heavy (non-hydrogen) atoms. The van der Waals surface area contributed by atoms with Gasteiger partial charge in [-0.2, -0.15) is 0 Å². The molecule has 0 amide bonds. The molecule has 0 aromatic heterocycles. The van der Waals surface area contributed by atoms with Crippen molar-refractivity contribution in [3.05, 3.63) is 0 Å². The molecular formula is C11H23NO. The molecule has 0 radical (unpaired) electrons. The summed E-state index contributed by atoms with van der Waals surface area (Å²) in [5, 5.41) is 9.51. The molecule has 78 valence electrons. The Morgan fingerprint density at radius 2 is 1.85 bits per heavy atom. The first kappa shape index (κ1) is 11.0. The highest BCUT2D eigenvalue weighted by Gasteiger charge is 2.25. The standard InChI is InChI=1S/C11H23NO/c1-9-7-5-4-6-8-11(9)12(3)10(2)13/h9-11,13H,4-8H2,1-3H3. The summed E-state index contributed by atoms with van der Waals surface area (Å²) in [6.07, 6.45) is 6.33. The van der Waals surface area contributed by atoms with E-state index in [1.165, 1.54) is 32.1 Å². The third kappa shape index (κ3) is 2.96. The van der Waals surface area contributed by atoms with Gasteiger partial charge in [-0.3, -0.25) is 4.90 Å². The monoisotopic (exact) mass is 185 g/mol. The molecule has 3 unspecified atom stereocenters. The first-order valence-corrected chi connectivity index (χ1v) is 5.53. The summed E-state index contributed by atoms with van der Waals surface area (Å²) in [5.74, 6) is 0.738. The molecule has 1 N–H and O–H groups in total. The molecule has 0 aromatic carbocycles. The number of aliphatic hydroxyl groups is 1. The van der Waals surface area contributed by atoms with Crippen molar-refractivity contribution in [2.75, 3.05) is 7.05 Å². The lowest BCUT2D eigenvalue weighted by Crippen LogP contribution is -2.41. The molecule has 1 saturated carbocycles. The van der Waals surface area contributed by atoms with Gasteiger partial charge in [0.2, 0.25) is 0 Å². The molecule has 0 saturated heterocycles. The molecule has 3 atom stereocenters. The quantitative estimate of drug-likeness (QED) is 0.527. The van der Waals surface area contributed by atoms with Gasteiger partial charge in [0.1, 0.15) is 6.23 Å². The maximum absolute atomic E-state index is 9.51. The van der Waals surface area contributed by atoms with Crippen molar-refractivity contribution in [2.24, 2.45) is 5.92 Å². The Labute approximate surface area is 81.9 Å². The van der Waals surface area contributed by atoms with Crippen molar-refractivity contribution >= 4 is 0 Å². The van der Waals surface area contributed by atoms with E-state index < -0.39 is 0 Å². The predicted octanol–water partition coefficient (Wildman–Crippen LogP) is 2.23. The Morgan fingerprint density at radius 1 is 1.23 bits per heavy atom. The van der Waals surface area contributed by atoms with Gasteiger partial charge in [0.25, 0.3) is 0 Å². The van der Waals surface area contributed by atoms with Gasteiger partial charge in [0.05, 0.1) is 0 Å². The van der Waals surface area contributed by atoms with Crippen LogP contribution in [-0.2, 0) is 0 Å². The Hall–Kier alpha value is -0.0800. The van der Waals surface area contributed by atoms with Gasteiger partial charge in [0, 0.05) is 6.04 Å². The van der Waals surface area contributed by atoms with E-state index in [-0.39, 0.29) is 6.23 Å². The van der Waals surface area contributed by atoms with Crippen molar-refractivity contribution in [2.45, 2.75) is 58.2 Å². The molecule has 1 aliphatic carbocycles. The van der Waals surface area contributed by atoms with E-state index in [1.54, 1.807) is 0 Å². The lowest BCUT2D eigenvalue weighted by Gasteiger charge is -2.33. The van der Waals surface area contributed by atoms with Gasteiger partial charge >= 0.3 is 0 Å². The van der Waals surface area contributed by atoms with Crippen LogP contribution in [0.25, 0.3) is 0 Å². The molecular weight excluding hydrogens is 162 g/mol. The fourth-order valence-electron chi connectivity index (χ4n) is 2.36. The molecule has 2 nitrogen and oxygen atoms in total. The highest BCUT2D eigenvalue weighted by molar-refractivity contribution is 4.78. The summed E-state index contributed by atoms with van der Waals surface area (Å²) in [6, 6.07) is 0.586. The smallest absolute Gasteiger partial charge is 0.104 e. The molecule has 1 fully saturated rings. The summed E-state index contributed by atoms with van der Waals surface area (Å²) in [5.41, 5.74) is 0. The normalized spacial score (nSPS) is 33.0. The van der Waals surface area contributed by atoms with E-state index in [9.17, 15) is 5.11 Å². The molecule has 0 spiro atoms. The van der Waals surface area contributed by atoms with Gasteiger partial charge in [-0.25, -0.2) is 0 Å². The van der Waals surface area contributed by atoms with Crippen LogP contribution in [0.2, 0.25) is 0 Å². The zero-order valence-corrected chi connectivity index (χ0v) is 9.16. The zero-order valence-electron chi connectivity index (χ0n) is 9.16. The van der Waals surface area contributed by atoms with Gasteiger partial charge in [-0.1, -0.05) is 26.2 Å². The van der Waals surface area contributed by atoms with E-state index >= 15 is 0 Å². The molecule has 1 aliphatic rings. The first-order chi connectivity index (χ1) is 6.13. The minimum atomic E-state index is -0.300. The molecule has 0 aromatic rings. The second-order valence-corrected chi connectivity index (χ2v) is 4.48. The van der Waals surface area contributed by atoms with Crippen LogP contribution >= 0.6 is 0 Å². The molecule has 1 rings (SSSR count). The maximum atomic E-state index is 9.51. The number of aliphatic hydroxyl groups excluding tert-OH is 1. The van der Waals surface area contributed by atoms with Crippen LogP contribution in [0.15, 0.2) is 0 Å². The van der Waals surface area contributed by atoms with E-state index in [2.05, 4.69) is 11.8 Å². The summed E-state index contributed by atoms with van der Waals surface area (Å²) >= 11 is 0. The van der Waals surface area contributed by atoms with E-state index in [0.29, 0.717) is 6.04 Å². The number of hydrogen-bond donors (Lipinski definition) is 1. The Kier molecular flexibility index (Phi) is 4.20. The molecule has 2 heteroatoms. The molecule has 0 aliphatic heterocycles. The predicted molar refractivity (Wildman–Crippen MR) is 55.5 cm³/mol. The van der Waals surface area contributed by atoms with Crippen molar-refractivity contribution in [1.82, 2.24) is 4.90 Å². The van der Waals surface area contributed by atoms with Crippen LogP contribution in [0.1, 0.15) is 46.0 Å². The lowest BCUT2D eigenvalue weighted by molar-refractivity contribution is -0.00916. The summed E-state index contributed by atoms with van der Waals surface area (Å²) in [6.45, 7) is 4.17. The van der Waals surface area contributed by atoms with Crippen molar-refractivity contribution in [1.29, 1.82) is 0 Å². The summed E-state index contributed by atoms with van der Waals surface area (Å²) < 4.78 is 0. The number of nitrogens with zero attached hydrogens (tertiary/aromatic N) is 1. The van der Waals surface area contributed by atoms with Crippen LogP contribution in [0.4, 0.5) is 0 Å². The molecule has 0 heterocycles. The number of hydrogen-bond acceptors (Lipinski definition) is 2. The highest BCUT2D eigenvalue weighted by Crippen LogP contribution is 2.26. The minimum Gasteiger partial charge on any atom is -0.379 e. The van der Waals surface area contributed by atoms with Crippen LogP contribution in [0.5, 0.6) is 0 Å². The van der Waals surface area contributed by atoms with Crippen molar-refractivity contribution in [3.8, 4) is 0 Å². The van der Waals surface area contributed by atoms with E-state index in [1.807, 2.05) is 14.0 Å². The second-order valence-electron chi connectivity index (χ2n) is 4.48. The van der Waals surface area contributed by atoms with Crippen molar-refractivity contribution < 1.29 is 5.11 Å². The Balaban J connectivity index is 2.53. The SMILES string of the molecule is CC1CCCCCC1N(C)C(C)O.